The number of piperazine rings is 1. The Morgan fingerprint density at radius 1 is 0.970 bits per heavy atom. The van der Waals surface area contributed by atoms with Crippen molar-refractivity contribution in [2.75, 3.05) is 44.2 Å². The summed E-state index contributed by atoms with van der Waals surface area (Å²) < 4.78 is 2.32. The molecular weight excluding hydrogens is 410 g/mol. The van der Waals surface area contributed by atoms with E-state index in [1.165, 1.54) is 16.8 Å². The molecule has 3 heterocycles. The molecule has 0 unspecified atom stereocenters. The number of hydrogen-bond donors (Lipinski definition) is 0. The molecule has 1 amide bonds. The molecule has 33 heavy (non-hydrogen) atoms. The van der Waals surface area contributed by atoms with Crippen LogP contribution >= 0.6 is 0 Å². The Balaban J connectivity index is 1.14. The molecule has 174 valence electrons. The molecule has 6 heteroatoms. The van der Waals surface area contributed by atoms with Gasteiger partial charge in [0.2, 0.25) is 5.91 Å². The third-order valence-corrected chi connectivity index (χ3v) is 7.31. The van der Waals surface area contributed by atoms with Gasteiger partial charge in [-0.05, 0) is 69.6 Å². The molecule has 0 aliphatic carbocycles. The molecule has 3 aromatic rings. The van der Waals surface area contributed by atoms with Gasteiger partial charge in [0.1, 0.15) is 5.82 Å². The molecule has 0 atom stereocenters. The molecule has 5 rings (SSSR count). The monoisotopic (exact) mass is 445 g/mol. The second-order valence-electron chi connectivity index (χ2n) is 9.46. The second-order valence-corrected chi connectivity index (χ2v) is 9.46. The van der Waals surface area contributed by atoms with Crippen LogP contribution in [0.15, 0.2) is 48.5 Å². The number of hydrogen-bond acceptors (Lipinski definition) is 4. The summed E-state index contributed by atoms with van der Waals surface area (Å²) >= 11 is 0. The summed E-state index contributed by atoms with van der Waals surface area (Å²) in [4.78, 5) is 25.1. The van der Waals surface area contributed by atoms with Crippen LogP contribution in [0.2, 0.25) is 0 Å². The fraction of sp³-hybridized carbons (Fsp3) is 0.481. The summed E-state index contributed by atoms with van der Waals surface area (Å²) in [6, 6.07) is 17.0. The number of amides is 1. The van der Waals surface area contributed by atoms with E-state index in [0.717, 1.165) is 76.5 Å². The average molecular weight is 446 g/mol. The van der Waals surface area contributed by atoms with Crippen LogP contribution in [0.4, 0.5) is 5.69 Å². The third-order valence-electron chi connectivity index (χ3n) is 7.31. The smallest absolute Gasteiger partial charge is 0.225 e. The largest absolute Gasteiger partial charge is 0.368 e. The van der Waals surface area contributed by atoms with E-state index < -0.39 is 0 Å². The zero-order valence-corrected chi connectivity index (χ0v) is 19.9. The van der Waals surface area contributed by atoms with E-state index in [2.05, 4.69) is 81.6 Å². The summed E-state index contributed by atoms with van der Waals surface area (Å²) in [7, 11) is 0. The molecule has 0 spiro atoms. The number of imidazole rings is 1. The maximum absolute atomic E-state index is 13.2. The number of rotatable bonds is 5. The minimum atomic E-state index is 0.164. The van der Waals surface area contributed by atoms with Crippen molar-refractivity contribution in [2.45, 2.75) is 39.8 Å². The summed E-state index contributed by atoms with van der Waals surface area (Å²) in [5.74, 6) is 1.66. The van der Waals surface area contributed by atoms with Gasteiger partial charge in [0.05, 0.1) is 17.6 Å². The minimum absolute atomic E-state index is 0.164. The number of para-hydroxylation sites is 2. The second kappa shape index (κ2) is 9.56. The zero-order chi connectivity index (χ0) is 22.8. The van der Waals surface area contributed by atoms with Gasteiger partial charge in [-0.15, -0.1) is 0 Å². The number of likely N-dealkylation sites (tertiary alicyclic amines) is 1. The SMILES string of the molecule is CCn1c(CN2CCC(C(=O)N3CCN(c4cccc(C)c4)CC3)CC2)nc2ccccc21. The van der Waals surface area contributed by atoms with Crippen LogP contribution in [0.25, 0.3) is 11.0 Å². The van der Waals surface area contributed by atoms with E-state index in [-0.39, 0.29) is 5.92 Å². The molecular formula is C27H35N5O. The molecule has 2 saturated heterocycles. The number of aryl methyl sites for hydroxylation is 2. The number of carbonyl (C=O) groups is 1. The normalized spacial score (nSPS) is 18.2. The molecule has 0 N–H and O–H groups in total. The quantitative estimate of drug-likeness (QED) is 0.597. The number of aromatic nitrogens is 2. The topological polar surface area (TPSA) is 44.6 Å². The van der Waals surface area contributed by atoms with Gasteiger partial charge < -0.3 is 14.4 Å². The third kappa shape index (κ3) is 4.62. The molecule has 6 nitrogen and oxygen atoms in total. The van der Waals surface area contributed by atoms with Gasteiger partial charge in [0, 0.05) is 44.3 Å². The van der Waals surface area contributed by atoms with Crippen LogP contribution in [-0.4, -0.2) is 64.5 Å². The molecule has 0 saturated carbocycles. The van der Waals surface area contributed by atoms with Gasteiger partial charge >= 0.3 is 0 Å². The van der Waals surface area contributed by atoms with Crippen LogP contribution in [0.1, 0.15) is 31.2 Å². The summed E-state index contributed by atoms with van der Waals surface area (Å²) in [5, 5.41) is 0. The van der Waals surface area contributed by atoms with Crippen molar-refractivity contribution in [1.82, 2.24) is 19.4 Å². The lowest BCUT2D eigenvalue weighted by atomic mass is 9.95. The number of anilines is 1. The lowest BCUT2D eigenvalue weighted by Crippen LogP contribution is -2.51. The van der Waals surface area contributed by atoms with Gasteiger partial charge in [-0.2, -0.15) is 0 Å². The van der Waals surface area contributed by atoms with Crippen LogP contribution in [0.5, 0.6) is 0 Å². The van der Waals surface area contributed by atoms with E-state index in [9.17, 15) is 4.79 Å². The first-order valence-electron chi connectivity index (χ1n) is 12.4. The zero-order valence-electron chi connectivity index (χ0n) is 19.9. The summed E-state index contributed by atoms with van der Waals surface area (Å²) in [6.07, 6.45) is 1.90. The predicted molar refractivity (Wildman–Crippen MR) is 133 cm³/mol. The van der Waals surface area contributed by atoms with Crippen molar-refractivity contribution in [3.05, 3.63) is 59.9 Å². The molecule has 0 bridgehead atoms. The highest BCUT2D eigenvalue weighted by atomic mass is 16.2. The standard InChI is InChI=1S/C27H35N5O/c1-3-32-25-10-5-4-9-24(25)28-26(32)20-29-13-11-22(12-14-29)27(33)31-17-15-30(16-18-31)23-8-6-7-21(2)19-23/h4-10,19,22H,3,11-18,20H2,1-2H3. The maximum Gasteiger partial charge on any atom is 0.225 e. The lowest BCUT2D eigenvalue weighted by Gasteiger charge is -2.39. The van der Waals surface area contributed by atoms with Crippen LogP contribution in [0.3, 0.4) is 0 Å². The van der Waals surface area contributed by atoms with Crippen molar-refractivity contribution < 1.29 is 4.79 Å². The number of fused-ring (bicyclic) bond motifs is 1. The Bertz CT molecular complexity index is 1110. The summed E-state index contributed by atoms with van der Waals surface area (Å²) in [6.45, 7) is 11.5. The molecule has 2 aromatic carbocycles. The average Bonchev–Trinajstić information content (AvgIpc) is 3.21. The first-order chi connectivity index (χ1) is 16.1. The molecule has 1 aromatic heterocycles. The number of benzene rings is 2. The van der Waals surface area contributed by atoms with E-state index >= 15 is 0 Å². The van der Waals surface area contributed by atoms with Crippen LogP contribution < -0.4 is 4.90 Å². The van der Waals surface area contributed by atoms with Gasteiger partial charge in [0.15, 0.2) is 0 Å². The highest BCUT2D eigenvalue weighted by Crippen LogP contribution is 2.24. The minimum Gasteiger partial charge on any atom is -0.368 e. The maximum atomic E-state index is 13.2. The van der Waals surface area contributed by atoms with E-state index in [4.69, 9.17) is 4.98 Å². The fourth-order valence-corrected chi connectivity index (χ4v) is 5.40. The number of piperidine rings is 1. The first kappa shape index (κ1) is 22.0. The fourth-order valence-electron chi connectivity index (χ4n) is 5.40. The number of carbonyl (C=O) groups excluding carboxylic acids is 1. The number of nitrogens with zero attached hydrogens (tertiary/aromatic N) is 5. The van der Waals surface area contributed by atoms with E-state index in [0.29, 0.717) is 5.91 Å². The van der Waals surface area contributed by atoms with Crippen molar-refractivity contribution in [3.8, 4) is 0 Å². The van der Waals surface area contributed by atoms with Gasteiger partial charge in [0.25, 0.3) is 0 Å². The van der Waals surface area contributed by atoms with Crippen molar-refractivity contribution in [1.29, 1.82) is 0 Å². The first-order valence-corrected chi connectivity index (χ1v) is 12.4. The van der Waals surface area contributed by atoms with E-state index in [1.807, 2.05) is 0 Å². The lowest BCUT2D eigenvalue weighted by molar-refractivity contribution is -0.137. The Morgan fingerprint density at radius 2 is 1.73 bits per heavy atom. The van der Waals surface area contributed by atoms with Gasteiger partial charge in [-0.1, -0.05) is 24.3 Å². The molecule has 2 aliphatic heterocycles. The molecule has 2 aliphatic rings. The van der Waals surface area contributed by atoms with Crippen molar-refractivity contribution in [2.24, 2.45) is 5.92 Å². The van der Waals surface area contributed by atoms with Gasteiger partial charge in [-0.3, -0.25) is 9.69 Å². The highest BCUT2D eigenvalue weighted by Gasteiger charge is 2.31. The van der Waals surface area contributed by atoms with Crippen molar-refractivity contribution >= 4 is 22.6 Å². The summed E-state index contributed by atoms with van der Waals surface area (Å²) in [5.41, 5.74) is 4.84. The molecule has 2 fully saturated rings. The molecule has 0 radical (unpaired) electrons. The Hall–Kier alpha value is -2.86. The Kier molecular flexibility index (Phi) is 6.36. The van der Waals surface area contributed by atoms with Crippen LogP contribution in [0, 0.1) is 12.8 Å². The van der Waals surface area contributed by atoms with Gasteiger partial charge in [-0.25, -0.2) is 4.98 Å². The van der Waals surface area contributed by atoms with Crippen LogP contribution in [-0.2, 0) is 17.9 Å². The Labute approximate surface area is 196 Å². The van der Waals surface area contributed by atoms with E-state index in [1.54, 1.807) is 0 Å². The predicted octanol–water partition coefficient (Wildman–Crippen LogP) is 3.93. The van der Waals surface area contributed by atoms with Crippen molar-refractivity contribution in [3.63, 3.8) is 0 Å². The Morgan fingerprint density at radius 3 is 2.45 bits per heavy atom. The highest BCUT2D eigenvalue weighted by molar-refractivity contribution is 5.79.